The van der Waals surface area contributed by atoms with E-state index in [1.807, 2.05) is 12.1 Å². The number of benzene rings is 1. The van der Waals surface area contributed by atoms with Crippen LogP contribution < -0.4 is 4.90 Å². The standard InChI is InChI=1S/C19H24ClN3OS/c1-13-7-8-15(20)17-16(13)21-19(25-17)23-11-9-22(10-12-23)18(24)14-5-3-2-4-6-14/h7-8,14H,2-6,9-12H2,1H3. The Hall–Kier alpha value is -1.33. The van der Waals surface area contributed by atoms with E-state index in [9.17, 15) is 4.79 Å². The maximum Gasteiger partial charge on any atom is 0.225 e. The van der Waals surface area contributed by atoms with Crippen molar-refractivity contribution in [3.8, 4) is 0 Å². The first-order valence-electron chi connectivity index (χ1n) is 9.23. The van der Waals surface area contributed by atoms with Crippen molar-refractivity contribution >= 4 is 44.2 Å². The minimum absolute atomic E-state index is 0.268. The number of fused-ring (bicyclic) bond motifs is 1. The van der Waals surface area contributed by atoms with Crippen LogP contribution in [0.4, 0.5) is 5.13 Å². The van der Waals surface area contributed by atoms with Gasteiger partial charge < -0.3 is 9.80 Å². The van der Waals surface area contributed by atoms with Gasteiger partial charge in [0, 0.05) is 32.1 Å². The summed E-state index contributed by atoms with van der Waals surface area (Å²) in [5, 5.41) is 1.80. The number of aryl methyl sites for hydroxylation is 1. The van der Waals surface area contributed by atoms with Gasteiger partial charge in [-0.05, 0) is 31.4 Å². The van der Waals surface area contributed by atoms with Crippen LogP contribution in [0.5, 0.6) is 0 Å². The van der Waals surface area contributed by atoms with E-state index >= 15 is 0 Å². The monoisotopic (exact) mass is 377 g/mol. The second-order valence-electron chi connectivity index (χ2n) is 7.19. The molecule has 0 radical (unpaired) electrons. The number of thiazole rings is 1. The van der Waals surface area contributed by atoms with Crippen molar-refractivity contribution in [1.82, 2.24) is 9.88 Å². The van der Waals surface area contributed by atoms with Crippen LogP contribution in [0.2, 0.25) is 5.02 Å². The molecule has 1 amide bonds. The summed E-state index contributed by atoms with van der Waals surface area (Å²) >= 11 is 7.99. The van der Waals surface area contributed by atoms with Crippen molar-refractivity contribution in [2.75, 3.05) is 31.1 Å². The Morgan fingerprint density at radius 2 is 1.88 bits per heavy atom. The number of nitrogens with zero attached hydrogens (tertiary/aromatic N) is 3. The highest BCUT2D eigenvalue weighted by Gasteiger charge is 2.29. The Bertz CT molecular complexity index is 737. The van der Waals surface area contributed by atoms with Crippen LogP contribution in [0.1, 0.15) is 37.7 Å². The summed E-state index contributed by atoms with van der Waals surface area (Å²) in [5.74, 6) is 0.645. The van der Waals surface area contributed by atoms with Crippen molar-refractivity contribution in [3.05, 3.63) is 22.7 Å². The maximum atomic E-state index is 12.7. The number of aromatic nitrogens is 1. The fourth-order valence-corrected chi connectivity index (χ4v) is 5.32. The normalized spacial score (nSPS) is 19.6. The Morgan fingerprint density at radius 3 is 2.56 bits per heavy atom. The average molecular weight is 378 g/mol. The van der Waals surface area contributed by atoms with Gasteiger partial charge in [0.25, 0.3) is 0 Å². The van der Waals surface area contributed by atoms with Crippen LogP contribution in [-0.4, -0.2) is 42.0 Å². The lowest BCUT2D eigenvalue weighted by molar-refractivity contribution is -0.136. The zero-order valence-electron chi connectivity index (χ0n) is 14.6. The summed E-state index contributed by atoms with van der Waals surface area (Å²) in [5.41, 5.74) is 2.17. The number of carbonyl (C=O) groups excluding carboxylic acids is 1. The smallest absolute Gasteiger partial charge is 0.225 e. The second kappa shape index (κ2) is 7.12. The molecule has 0 atom stereocenters. The first-order valence-corrected chi connectivity index (χ1v) is 10.4. The minimum atomic E-state index is 0.268. The first-order chi connectivity index (χ1) is 12.1. The van der Waals surface area contributed by atoms with E-state index in [4.69, 9.17) is 16.6 Å². The van der Waals surface area contributed by atoms with Gasteiger partial charge in [0.1, 0.15) is 0 Å². The predicted octanol–water partition coefficient (Wildman–Crippen LogP) is 4.49. The summed E-state index contributed by atoms with van der Waals surface area (Å²) in [4.78, 5) is 21.9. The van der Waals surface area contributed by atoms with Crippen LogP contribution in [0.25, 0.3) is 10.2 Å². The molecule has 25 heavy (non-hydrogen) atoms. The summed E-state index contributed by atoms with van der Waals surface area (Å²) in [6.45, 7) is 5.39. The predicted molar refractivity (Wildman–Crippen MR) is 105 cm³/mol. The van der Waals surface area contributed by atoms with Crippen molar-refractivity contribution < 1.29 is 4.79 Å². The van der Waals surface area contributed by atoms with Crippen LogP contribution in [0.3, 0.4) is 0 Å². The zero-order valence-corrected chi connectivity index (χ0v) is 16.2. The zero-order chi connectivity index (χ0) is 17.4. The first kappa shape index (κ1) is 17.1. The molecular weight excluding hydrogens is 354 g/mol. The second-order valence-corrected chi connectivity index (χ2v) is 8.57. The Labute approximate surface area is 157 Å². The van der Waals surface area contributed by atoms with E-state index in [1.165, 1.54) is 19.3 Å². The topological polar surface area (TPSA) is 36.4 Å². The number of anilines is 1. The van der Waals surface area contributed by atoms with E-state index in [1.54, 1.807) is 11.3 Å². The fraction of sp³-hybridized carbons (Fsp3) is 0.579. The fourth-order valence-electron chi connectivity index (χ4n) is 3.95. The Morgan fingerprint density at radius 1 is 1.16 bits per heavy atom. The largest absolute Gasteiger partial charge is 0.345 e. The van der Waals surface area contributed by atoms with Gasteiger partial charge in [-0.15, -0.1) is 0 Å². The molecule has 2 fully saturated rings. The molecule has 6 heteroatoms. The van der Waals surface area contributed by atoms with E-state index in [2.05, 4.69) is 16.7 Å². The van der Waals surface area contributed by atoms with Gasteiger partial charge in [-0.25, -0.2) is 4.98 Å². The van der Waals surface area contributed by atoms with E-state index in [0.29, 0.717) is 5.91 Å². The van der Waals surface area contributed by atoms with Gasteiger partial charge in [0.05, 0.1) is 15.2 Å². The van der Waals surface area contributed by atoms with Crippen LogP contribution >= 0.6 is 22.9 Å². The number of piperazine rings is 1. The van der Waals surface area contributed by atoms with Crippen LogP contribution in [0, 0.1) is 12.8 Å². The van der Waals surface area contributed by atoms with Crippen molar-refractivity contribution in [2.24, 2.45) is 5.92 Å². The molecule has 0 bridgehead atoms. The number of halogens is 1. The highest BCUT2D eigenvalue weighted by atomic mass is 35.5. The average Bonchev–Trinajstić information content (AvgIpc) is 3.12. The SMILES string of the molecule is Cc1ccc(Cl)c2sc(N3CCN(C(=O)C4CCCCC4)CC3)nc12. The number of carbonyl (C=O) groups is 1. The summed E-state index contributed by atoms with van der Waals surface area (Å²) in [6.07, 6.45) is 5.87. The summed E-state index contributed by atoms with van der Waals surface area (Å²) in [7, 11) is 0. The molecule has 1 aromatic carbocycles. The van der Waals surface area contributed by atoms with Crippen LogP contribution in [0.15, 0.2) is 12.1 Å². The van der Waals surface area contributed by atoms with E-state index < -0.39 is 0 Å². The van der Waals surface area contributed by atoms with Gasteiger partial charge >= 0.3 is 0 Å². The molecule has 1 aliphatic carbocycles. The molecule has 4 nitrogen and oxygen atoms in total. The van der Waals surface area contributed by atoms with Crippen molar-refractivity contribution in [1.29, 1.82) is 0 Å². The number of hydrogen-bond acceptors (Lipinski definition) is 4. The third-order valence-electron chi connectivity index (χ3n) is 5.50. The molecule has 2 heterocycles. The summed E-state index contributed by atoms with van der Waals surface area (Å²) < 4.78 is 1.07. The highest BCUT2D eigenvalue weighted by Crippen LogP contribution is 2.36. The molecule has 2 aliphatic rings. The van der Waals surface area contributed by atoms with E-state index in [0.717, 1.165) is 65.0 Å². The molecule has 0 N–H and O–H groups in total. The lowest BCUT2D eigenvalue weighted by Gasteiger charge is -2.37. The molecule has 134 valence electrons. The molecule has 0 unspecified atom stereocenters. The van der Waals surface area contributed by atoms with Gasteiger partial charge in [0.2, 0.25) is 5.91 Å². The van der Waals surface area contributed by atoms with Gasteiger partial charge in [-0.3, -0.25) is 4.79 Å². The molecular formula is C19H24ClN3OS. The number of amides is 1. The molecule has 1 aromatic heterocycles. The quantitative estimate of drug-likeness (QED) is 0.773. The third kappa shape index (κ3) is 3.36. The Balaban J connectivity index is 1.44. The van der Waals surface area contributed by atoms with E-state index in [-0.39, 0.29) is 5.92 Å². The van der Waals surface area contributed by atoms with Crippen LogP contribution in [-0.2, 0) is 4.79 Å². The molecule has 1 saturated heterocycles. The number of hydrogen-bond donors (Lipinski definition) is 0. The molecule has 2 aromatic rings. The van der Waals surface area contributed by atoms with Gasteiger partial charge in [-0.1, -0.05) is 48.3 Å². The van der Waals surface area contributed by atoms with Crippen molar-refractivity contribution in [2.45, 2.75) is 39.0 Å². The molecule has 0 spiro atoms. The lowest BCUT2D eigenvalue weighted by Crippen LogP contribution is -2.50. The molecule has 1 aliphatic heterocycles. The third-order valence-corrected chi connectivity index (χ3v) is 7.08. The molecule has 1 saturated carbocycles. The summed E-state index contributed by atoms with van der Waals surface area (Å²) in [6, 6.07) is 3.97. The lowest BCUT2D eigenvalue weighted by atomic mass is 9.88. The van der Waals surface area contributed by atoms with Gasteiger partial charge in [-0.2, -0.15) is 0 Å². The number of rotatable bonds is 2. The molecule has 4 rings (SSSR count). The maximum absolute atomic E-state index is 12.7. The van der Waals surface area contributed by atoms with Crippen molar-refractivity contribution in [3.63, 3.8) is 0 Å². The minimum Gasteiger partial charge on any atom is -0.345 e. The highest BCUT2D eigenvalue weighted by molar-refractivity contribution is 7.22. The Kier molecular flexibility index (Phi) is 4.87. The van der Waals surface area contributed by atoms with Gasteiger partial charge in [0.15, 0.2) is 5.13 Å².